The fourth-order valence-electron chi connectivity index (χ4n) is 4.80. The number of rotatable bonds is 4. The number of anilines is 1. The number of pyridine rings is 1. The molecule has 0 bridgehead atoms. The maximum absolute atomic E-state index is 13.6. The zero-order valence-electron chi connectivity index (χ0n) is 18.3. The van der Waals surface area contributed by atoms with Gasteiger partial charge in [0.2, 0.25) is 5.91 Å². The lowest BCUT2D eigenvalue weighted by molar-refractivity contribution is -0.128. The summed E-state index contributed by atoms with van der Waals surface area (Å²) in [6.45, 7) is 6.00. The zero-order chi connectivity index (χ0) is 21.8. The molecule has 1 aromatic carbocycles. The Kier molecular flexibility index (Phi) is 6.23. The van der Waals surface area contributed by atoms with Crippen LogP contribution in [0.1, 0.15) is 34.5 Å². The third-order valence-corrected chi connectivity index (χ3v) is 6.48. The Labute approximate surface area is 183 Å². The highest BCUT2D eigenvalue weighted by Gasteiger charge is 2.45. The minimum atomic E-state index is -0.834. The normalized spacial score (nSPS) is 21.6. The maximum atomic E-state index is 13.6. The van der Waals surface area contributed by atoms with Gasteiger partial charge in [-0.25, -0.2) is 0 Å². The number of hydrogen-bond donors (Lipinski definition) is 1. The molecule has 3 heterocycles. The summed E-state index contributed by atoms with van der Waals surface area (Å²) in [5.41, 5.74) is 2.62. The molecule has 2 fully saturated rings. The zero-order valence-corrected chi connectivity index (χ0v) is 18.3. The fraction of sp³-hybridized carbons (Fsp3) is 0.458. The van der Waals surface area contributed by atoms with E-state index in [1.165, 1.54) is 0 Å². The molecule has 2 saturated heterocycles. The number of morpholine rings is 1. The SMILES string of the molecule is CNC(=O)[C@@]1(c2ccccn2)CCCN(C(=O)c2cccc(N3CCOCC3)c2C)C1. The molecule has 0 saturated carbocycles. The van der Waals surface area contributed by atoms with E-state index in [9.17, 15) is 9.59 Å². The van der Waals surface area contributed by atoms with Crippen molar-refractivity contribution in [2.45, 2.75) is 25.2 Å². The molecule has 1 N–H and O–H groups in total. The number of ether oxygens (including phenoxy) is 1. The largest absolute Gasteiger partial charge is 0.378 e. The lowest BCUT2D eigenvalue weighted by Gasteiger charge is -2.41. The number of aromatic nitrogens is 1. The van der Waals surface area contributed by atoms with E-state index in [1.807, 2.05) is 42.2 Å². The van der Waals surface area contributed by atoms with Gasteiger partial charge in [0.25, 0.3) is 5.91 Å². The standard InChI is InChI=1S/C24H30N4O3/c1-18-19(7-5-8-20(18)27-13-15-31-16-14-27)22(29)28-12-6-10-24(17-28,23(30)25-2)21-9-3-4-11-26-21/h3-5,7-9,11H,6,10,12-17H2,1-2H3,(H,25,30)/t24-/m0/s1. The first kappa shape index (κ1) is 21.3. The van der Waals surface area contributed by atoms with Gasteiger partial charge in [0.05, 0.1) is 18.9 Å². The monoisotopic (exact) mass is 422 g/mol. The summed E-state index contributed by atoms with van der Waals surface area (Å²) in [5.74, 6) is -0.126. The predicted octanol–water partition coefficient (Wildman–Crippen LogP) is 2.15. The Morgan fingerprint density at radius 1 is 1.10 bits per heavy atom. The highest BCUT2D eigenvalue weighted by Crippen LogP contribution is 2.35. The van der Waals surface area contributed by atoms with Gasteiger partial charge in [0, 0.05) is 50.7 Å². The molecule has 1 aromatic heterocycles. The van der Waals surface area contributed by atoms with E-state index in [0.29, 0.717) is 44.0 Å². The van der Waals surface area contributed by atoms with Crippen molar-refractivity contribution in [2.75, 3.05) is 51.3 Å². The minimum absolute atomic E-state index is 0.0310. The van der Waals surface area contributed by atoms with Crippen LogP contribution in [0, 0.1) is 6.92 Å². The minimum Gasteiger partial charge on any atom is -0.378 e. The first-order valence-corrected chi connectivity index (χ1v) is 10.9. The average molecular weight is 423 g/mol. The van der Waals surface area contributed by atoms with E-state index in [0.717, 1.165) is 30.8 Å². The van der Waals surface area contributed by atoms with E-state index in [4.69, 9.17) is 4.74 Å². The van der Waals surface area contributed by atoms with Crippen molar-refractivity contribution in [3.05, 3.63) is 59.4 Å². The van der Waals surface area contributed by atoms with Crippen LogP contribution >= 0.6 is 0 Å². The van der Waals surface area contributed by atoms with Crippen molar-refractivity contribution >= 4 is 17.5 Å². The van der Waals surface area contributed by atoms with Crippen molar-refractivity contribution in [3.8, 4) is 0 Å². The average Bonchev–Trinajstić information content (AvgIpc) is 2.84. The molecular formula is C24H30N4O3. The summed E-state index contributed by atoms with van der Waals surface area (Å²) in [4.78, 5) is 35.2. The molecule has 2 aliphatic rings. The van der Waals surface area contributed by atoms with E-state index in [-0.39, 0.29) is 11.8 Å². The van der Waals surface area contributed by atoms with Crippen molar-refractivity contribution in [1.82, 2.24) is 15.2 Å². The molecule has 0 aliphatic carbocycles. The number of nitrogens with one attached hydrogen (secondary N) is 1. The van der Waals surface area contributed by atoms with Gasteiger partial charge in [-0.3, -0.25) is 14.6 Å². The van der Waals surface area contributed by atoms with Gasteiger partial charge in [0.1, 0.15) is 5.41 Å². The summed E-state index contributed by atoms with van der Waals surface area (Å²) in [7, 11) is 1.64. The van der Waals surface area contributed by atoms with Gasteiger partial charge in [-0.1, -0.05) is 12.1 Å². The number of piperidine rings is 1. The van der Waals surface area contributed by atoms with E-state index in [2.05, 4.69) is 21.3 Å². The van der Waals surface area contributed by atoms with Crippen LogP contribution in [0.25, 0.3) is 0 Å². The lowest BCUT2D eigenvalue weighted by atomic mass is 9.75. The van der Waals surface area contributed by atoms with Gasteiger partial charge in [-0.15, -0.1) is 0 Å². The Morgan fingerprint density at radius 3 is 2.61 bits per heavy atom. The first-order valence-electron chi connectivity index (χ1n) is 10.9. The van der Waals surface area contributed by atoms with Crippen LogP contribution < -0.4 is 10.2 Å². The van der Waals surface area contributed by atoms with Crippen molar-refractivity contribution < 1.29 is 14.3 Å². The third kappa shape index (κ3) is 4.02. The fourth-order valence-corrected chi connectivity index (χ4v) is 4.80. The van der Waals surface area contributed by atoms with E-state index >= 15 is 0 Å². The Balaban J connectivity index is 1.64. The molecule has 2 aromatic rings. The molecule has 164 valence electrons. The van der Waals surface area contributed by atoms with Crippen LogP contribution in [-0.4, -0.2) is 68.1 Å². The van der Waals surface area contributed by atoms with Gasteiger partial charge in [-0.2, -0.15) is 0 Å². The van der Waals surface area contributed by atoms with Gasteiger partial charge < -0.3 is 19.9 Å². The number of benzene rings is 1. The highest BCUT2D eigenvalue weighted by molar-refractivity contribution is 5.98. The Bertz CT molecular complexity index is 943. The number of amides is 2. The van der Waals surface area contributed by atoms with Crippen LogP contribution in [0.3, 0.4) is 0 Å². The summed E-state index contributed by atoms with van der Waals surface area (Å²) in [6, 6.07) is 11.5. The molecule has 7 heteroatoms. The highest BCUT2D eigenvalue weighted by atomic mass is 16.5. The first-order chi connectivity index (χ1) is 15.1. The molecule has 0 radical (unpaired) electrons. The number of likely N-dealkylation sites (tertiary alicyclic amines) is 1. The van der Waals surface area contributed by atoms with E-state index in [1.54, 1.807) is 13.2 Å². The van der Waals surface area contributed by atoms with Crippen molar-refractivity contribution in [1.29, 1.82) is 0 Å². The van der Waals surface area contributed by atoms with Crippen LogP contribution in [0.4, 0.5) is 5.69 Å². The topological polar surface area (TPSA) is 74.8 Å². The molecule has 2 amide bonds. The summed E-state index contributed by atoms with van der Waals surface area (Å²) < 4.78 is 5.47. The number of hydrogen-bond acceptors (Lipinski definition) is 5. The molecular weight excluding hydrogens is 392 g/mol. The van der Waals surface area contributed by atoms with Crippen LogP contribution in [0.5, 0.6) is 0 Å². The lowest BCUT2D eigenvalue weighted by Crippen LogP contribution is -2.56. The molecule has 0 unspecified atom stereocenters. The number of likely N-dealkylation sites (N-methyl/N-ethyl adjacent to an activating group) is 1. The molecule has 7 nitrogen and oxygen atoms in total. The van der Waals surface area contributed by atoms with Crippen molar-refractivity contribution in [3.63, 3.8) is 0 Å². The van der Waals surface area contributed by atoms with Crippen LogP contribution in [-0.2, 0) is 14.9 Å². The van der Waals surface area contributed by atoms with Crippen LogP contribution in [0.2, 0.25) is 0 Å². The number of carbonyl (C=O) groups excluding carboxylic acids is 2. The van der Waals surface area contributed by atoms with Gasteiger partial charge in [0.15, 0.2) is 0 Å². The number of carbonyl (C=O) groups is 2. The molecule has 0 spiro atoms. The second kappa shape index (κ2) is 9.06. The maximum Gasteiger partial charge on any atom is 0.254 e. The van der Waals surface area contributed by atoms with E-state index < -0.39 is 5.41 Å². The second-order valence-electron chi connectivity index (χ2n) is 8.26. The second-order valence-corrected chi connectivity index (χ2v) is 8.26. The molecule has 4 rings (SSSR count). The summed E-state index contributed by atoms with van der Waals surface area (Å²) in [6.07, 6.45) is 3.12. The van der Waals surface area contributed by atoms with Gasteiger partial charge >= 0.3 is 0 Å². The molecule has 1 atom stereocenters. The van der Waals surface area contributed by atoms with Crippen molar-refractivity contribution in [2.24, 2.45) is 0 Å². The smallest absolute Gasteiger partial charge is 0.254 e. The Morgan fingerprint density at radius 2 is 1.90 bits per heavy atom. The molecule has 31 heavy (non-hydrogen) atoms. The third-order valence-electron chi connectivity index (χ3n) is 6.48. The van der Waals surface area contributed by atoms with Gasteiger partial charge in [-0.05, 0) is 49.6 Å². The predicted molar refractivity (Wildman–Crippen MR) is 119 cm³/mol. The molecule has 2 aliphatic heterocycles. The summed E-state index contributed by atoms with van der Waals surface area (Å²) >= 11 is 0. The number of nitrogens with zero attached hydrogens (tertiary/aromatic N) is 3. The Hall–Kier alpha value is -2.93. The van der Waals surface area contributed by atoms with Crippen LogP contribution in [0.15, 0.2) is 42.6 Å². The quantitative estimate of drug-likeness (QED) is 0.817. The summed E-state index contributed by atoms with van der Waals surface area (Å²) in [5, 5.41) is 2.80.